The van der Waals surface area contributed by atoms with Gasteiger partial charge in [-0.05, 0) is 49.2 Å². The highest BCUT2D eigenvalue weighted by molar-refractivity contribution is 5.54. The average Bonchev–Trinajstić information content (AvgIpc) is 2.81. The van der Waals surface area contributed by atoms with E-state index in [1.165, 1.54) is 17.5 Å². The minimum Gasteiger partial charge on any atom is -0.493 e. The van der Waals surface area contributed by atoms with Gasteiger partial charge in [0, 0.05) is 6.42 Å². The molecule has 1 heterocycles. The first-order valence-corrected chi connectivity index (χ1v) is 6.53. The molecule has 0 amide bonds. The number of hydrogen-bond acceptors (Lipinski definition) is 2. The molecule has 0 aliphatic carbocycles. The zero-order valence-corrected chi connectivity index (χ0v) is 10.5. The van der Waals surface area contributed by atoms with Gasteiger partial charge in [0.1, 0.15) is 5.75 Å². The van der Waals surface area contributed by atoms with Crippen LogP contribution in [0.2, 0.25) is 0 Å². The van der Waals surface area contributed by atoms with Crippen molar-refractivity contribution in [1.29, 1.82) is 0 Å². The molecule has 0 bridgehead atoms. The predicted octanol–water partition coefficient (Wildman–Crippen LogP) is 3.02. The Kier molecular flexibility index (Phi) is 4.63. The van der Waals surface area contributed by atoms with Crippen LogP contribution < -0.4 is 10.1 Å². The number of nitrogens with one attached hydrogen (secondary N) is 1. The summed E-state index contributed by atoms with van der Waals surface area (Å²) in [6.45, 7) is 5.21. The Hall–Kier alpha value is -1.28. The Morgan fingerprint density at radius 2 is 2.29 bits per heavy atom. The second-order valence-corrected chi connectivity index (χ2v) is 4.41. The summed E-state index contributed by atoms with van der Waals surface area (Å²) in [4.78, 5) is 0. The zero-order valence-electron chi connectivity index (χ0n) is 10.5. The largest absolute Gasteiger partial charge is 0.493 e. The van der Waals surface area contributed by atoms with Gasteiger partial charge >= 0.3 is 0 Å². The van der Waals surface area contributed by atoms with Crippen molar-refractivity contribution in [3.8, 4) is 5.75 Å². The van der Waals surface area contributed by atoms with Crippen molar-refractivity contribution in [3.05, 3.63) is 35.4 Å². The first-order chi connectivity index (χ1) is 8.40. The molecular formula is C15H21NO. The standard InChI is InChI=1S/C15H21NO/c1-2-9-16-10-4-3-5-13-6-7-15-14(12-13)8-11-17-15/h3,5-7,12,16H,2,4,8-11H2,1H3/b5-3+. The van der Waals surface area contributed by atoms with Gasteiger partial charge in [-0.3, -0.25) is 0 Å². The van der Waals surface area contributed by atoms with Crippen LogP contribution >= 0.6 is 0 Å². The molecule has 0 atom stereocenters. The number of rotatable bonds is 6. The van der Waals surface area contributed by atoms with Crippen LogP contribution in [0.25, 0.3) is 6.08 Å². The summed E-state index contributed by atoms with van der Waals surface area (Å²) in [6, 6.07) is 6.44. The van der Waals surface area contributed by atoms with Gasteiger partial charge in [-0.15, -0.1) is 0 Å². The van der Waals surface area contributed by atoms with Crippen molar-refractivity contribution in [2.24, 2.45) is 0 Å². The topological polar surface area (TPSA) is 21.3 Å². The quantitative estimate of drug-likeness (QED) is 0.760. The first-order valence-electron chi connectivity index (χ1n) is 6.53. The molecule has 1 N–H and O–H groups in total. The van der Waals surface area contributed by atoms with E-state index in [1.54, 1.807) is 0 Å². The number of hydrogen-bond donors (Lipinski definition) is 1. The maximum Gasteiger partial charge on any atom is 0.122 e. The van der Waals surface area contributed by atoms with Crippen LogP contribution in [-0.2, 0) is 6.42 Å². The third-order valence-corrected chi connectivity index (χ3v) is 2.94. The molecule has 2 rings (SSSR count). The summed E-state index contributed by atoms with van der Waals surface area (Å²) >= 11 is 0. The molecule has 1 aromatic rings. The van der Waals surface area contributed by atoms with Gasteiger partial charge in [0.05, 0.1) is 6.61 Å². The van der Waals surface area contributed by atoms with E-state index in [1.807, 2.05) is 0 Å². The summed E-state index contributed by atoms with van der Waals surface area (Å²) < 4.78 is 5.49. The molecule has 2 heteroatoms. The van der Waals surface area contributed by atoms with E-state index in [0.717, 1.165) is 38.3 Å². The van der Waals surface area contributed by atoms with E-state index in [-0.39, 0.29) is 0 Å². The number of ether oxygens (including phenoxy) is 1. The maximum atomic E-state index is 5.49. The van der Waals surface area contributed by atoms with Crippen LogP contribution in [0.1, 0.15) is 30.9 Å². The molecule has 1 aliphatic rings. The highest BCUT2D eigenvalue weighted by Crippen LogP contribution is 2.26. The van der Waals surface area contributed by atoms with Gasteiger partial charge in [-0.2, -0.15) is 0 Å². The summed E-state index contributed by atoms with van der Waals surface area (Å²) in [5.41, 5.74) is 2.63. The van der Waals surface area contributed by atoms with Gasteiger partial charge in [-0.1, -0.05) is 25.1 Å². The van der Waals surface area contributed by atoms with Crippen molar-refractivity contribution in [2.45, 2.75) is 26.2 Å². The van der Waals surface area contributed by atoms with Crippen LogP contribution in [0.4, 0.5) is 0 Å². The summed E-state index contributed by atoms with van der Waals surface area (Å²) in [7, 11) is 0. The molecule has 1 aliphatic heterocycles. The van der Waals surface area contributed by atoms with Crippen LogP contribution in [0.15, 0.2) is 24.3 Å². The zero-order chi connectivity index (χ0) is 11.9. The third-order valence-electron chi connectivity index (χ3n) is 2.94. The van der Waals surface area contributed by atoms with E-state index in [9.17, 15) is 0 Å². The Bertz CT molecular complexity index is 385. The van der Waals surface area contributed by atoms with Gasteiger partial charge < -0.3 is 10.1 Å². The van der Waals surface area contributed by atoms with E-state index < -0.39 is 0 Å². The normalized spacial score (nSPS) is 13.9. The highest BCUT2D eigenvalue weighted by Gasteiger charge is 2.10. The Labute approximate surface area is 104 Å². The van der Waals surface area contributed by atoms with Gasteiger partial charge in [-0.25, -0.2) is 0 Å². The van der Waals surface area contributed by atoms with Crippen LogP contribution in [0.5, 0.6) is 5.75 Å². The molecule has 0 radical (unpaired) electrons. The van der Waals surface area contributed by atoms with Crippen LogP contribution in [0, 0.1) is 0 Å². The molecule has 0 spiro atoms. The number of benzene rings is 1. The lowest BCUT2D eigenvalue weighted by atomic mass is 10.1. The lowest BCUT2D eigenvalue weighted by molar-refractivity contribution is 0.357. The summed E-state index contributed by atoms with van der Waals surface area (Å²) in [5, 5.41) is 3.39. The molecule has 2 nitrogen and oxygen atoms in total. The molecule has 0 fully saturated rings. The molecule has 0 unspecified atom stereocenters. The highest BCUT2D eigenvalue weighted by atomic mass is 16.5. The van der Waals surface area contributed by atoms with E-state index in [2.05, 4.69) is 42.6 Å². The fraction of sp³-hybridized carbons (Fsp3) is 0.467. The SMILES string of the molecule is CCCNCC/C=C/c1ccc2c(c1)CCO2. The minimum absolute atomic E-state index is 0.837. The second-order valence-electron chi connectivity index (χ2n) is 4.41. The van der Waals surface area contributed by atoms with E-state index in [4.69, 9.17) is 4.74 Å². The summed E-state index contributed by atoms with van der Waals surface area (Å²) in [5.74, 6) is 1.06. The van der Waals surface area contributed by atoms with Crippen LogP contribution in [0.3, 0.4) is 0 Å². The third kappa shape index (κ3) is 3.60. The van der Waals surface area contributed by atoms with Gasteiger partial charge in [0.25, 0.3) is 0 Å². The molecule has 0 saturated heterocycles. The van der Waals surface area contributed by atoms with Gasteiger partial charge in [0.2, 0.25) is 0 Å². The predicted molar refractivity (Wildman–Crippen MR) is 72.5 cm³/mol. The molecule has 0 saturated carbocycles. The van der Waals surface area contributed by atoms with E-state index >= 15 is 0 Å². The number of fused-ring (bicyclic) bond motifs is 1. The molecule has 92 valence electrons. The Morgan fingerprint density at radius 3 is 3.18 bits per heavy atom. The lowest BCUT2D eigenvalue weighted by Crippen LogP contribution is -2.14. The van der Waals surface area contributed by atoms with Crippen molar-refractivity contribution in [1.82, 2.24) is 5.32 Å². The Balaban J connectivity index is 1.80. The Morgan fingerprint density at radius 1 is 1.35 bits per heavy atom. The minimum atomic E-state index is 0.837. The van der Waals surface area contributed by atoms with Crippen molar-refractivity contribution in [3.63, 3.8) is 0 Å². The maximum absolute atomic E-state index is 5.49. The lowest BCUT2D eigenvalue weighted by Gasteiger charge is -2.00. The van der Waals surface area contributed by atoms with Crippen molar-refractivity contribution in [2.75, 3.05) is 19.7 Å². The summed E-state index contributed by atoms with van der Waals surface area (Å²) in [6.07, 6.45) is 7.78. The monoisotopic (exact) mass is 231 g/mol. The smallest absolute Gasteiger partial charge is 0.122 e. The fourth-order valence-electron chi connectivity index (χ4n) is 2.02. The van der Waals surface area contributed by atoms with Crippen LogP contribution in [-0.4, -0.2) is 19.7 Å². The second kappa shape index (κ2) is 6.45. The molecular weight excluding hydrogens is 210 g/mol. The van der Waals surface area contributed by atoms with Crippen molar-refractivity contribution >= 4 is 6.08 Å². The molecule has 1 aromatic carbocycles. The molecule has 17 heavy (non-hydrogen) atoms. The molecule has 0 aromatic heterocycles. The average molecular weight is 231 g/mol. The van der Waals surface area contributed by atoms with Gasteiger partial charge in [0.15, 0.2) is 0 Å². The fourth-order valence-corrected chi connectivity index (χ4v) is 2.02. The van der Waals surface area contributed by atoms with E-state index in [0.29, 0.717) is 0 Å². The van der Waals surface area contributed by atoms with Crippen molar-refractivity contribution < 1.29 is 4.74 Å². The first kappa shape index (κ1) is 12.2.